The molecule has 1 aromatic carbocycles. The second kappa shape index (κ2) is 5.87. The molecule has 2 rings (SSSR count). The number of ether oxygens (including phenoxy) is 1. The number of nitrogens with one attached hydrogen (secondary N) is 1. The summed E-state index contributed by atoms with van der Waals surface area (Å²) >= 11 is 0. The highest BCUT2D eigenvalue weighted by Gasteiger charge is 2.20. The number of amides is 1. The van der Waals surface area contributed by atoms with Crippen LogP contribution in [0.15, 0.2) is 18.2 Å². The summed E-state index contributed by atoms with van der Waals surface area (Å²) in [6.45, 7) is 5.40. The van der Waals surface area contributed by atoms with Crippen LogP contribution >= 0.6 is 0 Å². The molecule has 1 aliphatic heterocycles. The highest BCUT2D eigenvalue weighted by molar-refractivity contribution is 5.97. The third-order valence-corrected chi connectivity index (χ3v) is 3.21. The fraction of sp³-hybridized carbons (Fsp3) is 0.500. The van der Waals surface area contributed by atoms with Gasteiger partial charge in [-0.1, -0.05) is 6.07 Å². The zero-order chi connectivity index (χ0) is 13.0. The van der Waals surface area contributed by atoms with E-state index < -0.39 is 0 Å². The first-order valence-corrected chi connectivity index (χ1v) is 6.37. The standard InChI is InChI=1S/C14H20N2O2/c1-11-4-5-12(13(10-11)18-2)14(17)16-8-3-6-15-7-9-16/h4-5,10,15H,3,6-9H2,1-2H3. The number of hydrogen-bond donors (Lipinski definition) is 1. The molecule has 1 heterocycles. The molecule has 4 nitrogen and oxygen atoms in total. The molecular weight excluding hydrogens is 228 g/mol. The predicted molar refractivity (Wildman–Crippen MR) is 71.1 cm³/mol. The molecule has 18 heavy (non-hydrogen) atoms. The lowest BCUT2D eigenvalue weighted by Crippen LogP contribution is -2.34. The third kappa shape index (κ3) is 2.82. The molecule has 1 amide bonds. The molecule has 0 atom stereocenters. The van der Waals surface area contributed by atoms with Gasteiger partial charge in [0.25, 0.3) is 5.91 Å². The molecule has 0 radical (unpaired) electrons. The number of nitrogens with zero attached hydrogens (tertiary/aromatic N) is 1. The van der Waals surface area contributed by atoms with E-state index in [0.717, 1.165) is 38.2 Å². The van der Waals surface area contributed by atoms with Crippen molar-refractivity contribution in [2.45, 2.75) is 13.3 Å². The Hall–Kier alpha value is -1.55. The van der Waals surface area contributed by atoms with Gasteiger partial charge in [0.2, 0.25) is 0 Å². The summed E-state index contributed by atoms with van der Waals surface area (Å²) in [6.07, 6.45) is 1.000. The van der Waals surface area contributed by atoms with Gasteiger partial charge in [0.1, 0.15) is 5.75 Å². The minimum atomic E-state index is 0.0653. The fourth-order valence-corrected chi connectivity index (χ4v) is 2.19. The topological polar surface area (TPSA) is 41.6 Å². The molecule has 1 N–H and O–H groups in total. The third-order valence-electron chi connectivity index (χ3n) is 3.21. The summed E-state index contributed by atoms with van der Waals surface area (Å²) in [5, 5.41) is 3.30. The zero-order valence-electron chi connectivity index (χ0n) is 11.0. The number of benzene rings is 1. The first-order valence-electron chi connectivity index (χ1n) is 6.37. The number of methoxy groups -OCH3 is 1. The average Bonchev–Trinajstić information content (AvgIpc) is 2.66. The van der Waals surface area contributed by atoms with Gasteiger partial charge in [-0.25, -0.2) is 0 Å². The second-order valence-corrected chi connectivity index (χ2v) is 4.60. The van der Waals surface area contributed by atoms with Gasteiger partial charge in [0.05, 0.1) is 12.7 Å². The zero-order valence-corrected chi connectivity index (χ0v) is 11.0. The van der Waals surface area contributed by atoms with Crippen molar-refractivity contribution in [3.8, 4) is 5.75 Å². The lowest BCUT2D eigenvalue weighted by atomic mass is 10.1. The first-order chi connectivity index (χ1) is 8.72. The molecule has 98 valence electrons. The van der Waals surface area contributed by atoms with Gasteiger partial charge >= 0.3 is 0 Å². The minimum Gasteiger partial charge on any atom is -0.496 e. The van der Waals surface area contributed by atoms with Crippen molar-refractivity contribution in [2.24, 2.45) is 0 Å². The molecule has 1 aliphatic rings. The Kier molecular flexibility index (Phi) is 4.20. The van der Waals surface area contributed by atoms with Crippen molar-refractivity contribution in [3.05, 3.63) is 29.3 Å². The quantitative estimate of drug-likeness (QED) is 0.861. The molecule has 0 aromatic heterocycles. The molecule has 0 spiro atoms. The molecule has 1 aromatic rings. The van der Waals surface area contributed by atoms with Crippen LogP contribution in [0.25, 0.3) is 0 Å². The van der Waals surface area contributed by atoms with Gasteiger partial charge < -0.3 is 15.0 Å². The molecule has 1 fully saturated rings. The summed E-state index contributed by atoms with van der Waals surface area (Å²) < 4.78 is 5.31. The summed E-state index contributed by atoms with van der Waals surface area (Å²) in [5.74, 6) is 0.729. The monoisotopic (exact) mass is 248 g/mol. The van der Waals surface area contributed by atoms with Crippen LogP contribution in [0.5, 0.6) is 5.75 Å². The molecule has 4 heteroatoms. The Morgan fingerprint density at radius 1 is 1.33 bits per heavy atom. The lowest BCUT2D eigenvalue weighted by molar-refractivity contribution is 0.0763. The second-order valence-electron chi connectivity index (χ2n) is 4.60. The molecule has 0 bridgehead atoms. The SMILES string of the molecule is COc1cc(C)ccc1C(=O)N1CCCNCC1. The Balaban J connectivity index is 2.21. The number of hydrogen-bond acceptors (Lipinski definition) is 3. The van der Waals surface area contributed by atoms with Gasteiger partial charge in [0, 0.05) is 19.6 Å². The van der Waals surface area contributed by atoms with Gasteiger partial charge in [0.15, 0.2) is 0 Å². The predicted octanol–water partition coefficient (Wildman–Crippen LogP) is 1.44. The van der Waals surface area contributed by atoms with Crippen molar-refractivity contribution in [3.63, 3.8) is 0 Å². The van der Waals surface area contributed by atoms with Gasteiger partial charge in [-0.15, -0.1) is 0 Å². The normalized spacial score (nSPS) is 16.2. The molecule has 0 saturated carbocycles. The number of carbonyl (C=O) groups excluding carboxylic acids is 1. The van der Waals surface area contributed by atoms with Crippen LogP contribution < -0.4 is 10.1 Å². The number of aryl methyl sites for hydroxylation is 1. The van der Waals surface area contributed by atoms with Gasteiger partial charge in [-0.3, -0.25) is 4.79 Å². The van der Waals surface area contributed by atoms with Crippen LogP contribution in [0, 0.1) is 6.92 Å². The summed E-state index contributed by atoms with van der Waals surface area (Å²) in [5.41, 5.74) is 1.76. The van der Waals surface area contributed by atoms with Crippen LogP contribution in [-0.4, -0.2) is 44.1 Å². The molecule has 1 saturated heterocycles. The van der Waals surface area contributed by atoms with E-state index in [1.807, 2.05) is 30.0 Å². The molecular formula is C14H20N2O2. The van der Waals surface area contributed by atoms with E-state index in [1.54, 1.807) is 7.11 Å². The summed E-state index contributed by atoms with van der Waals surface area (Å²) in [7, 11) is 1.61. The number of rotatable bonds is 2. The van der Waals surface area contributed by atoms with Crippen LogP contribution in [0.2, 0.25) is 0 Å². The maximum Gasteiger partial charge on any atom is 0.257 e. The lowest BCUT2D eigenvalue weighted by Gasteiger charge is -2.21. The van der Waals surface area contributed by atoms with E-state index in [-0.39, 0.29) is 5.91 Å². The van der Waals surface area contributed by atoms with Crippen molar-refractivity contribution >= 4 is 5.91 Å². The van der Waals surface area contributed by atoms with E-state index in [2.05, 4.69) is 5.32 Å². The van der Waals surface area contributed by atoms with Crippen LogP contribution in [0.1, 0.15) is 22.3 Å². The highest BCUT2D eigenvalue weighted by atomic mass is 16.5. The maximum atomic E-state index is 12.5. The van der Waals surface area contributed by atoms with Crippen molar-refractivity contribution < 1.29 is 9.53 Å². The average molecular weight is 248 g/mol. The van der Waals surface area contributed by atoms with Crippen molar-refractivity contribution in [1.29, 1.82) is 0 Å². The Labute approximate surface area is 108 Å². The van der Waals surface area contributed by atoms with E-state index in [4.69, 9.17) is 4.74 Å². The Bertz CT molecular complexity index is 424. The smallest absolute Gasteiger partial charge is 0.257 e. The van der Waals surface area contributed by atoms with Crippen LogP contribution in [0.4, 0.5) is 0 Å². The van der Waals surface area contributed by atoms with E-state index in [0.29, 0.717) is 11.3 Å². The van der Waals surface area contributed by atoms with Crippen molar-refractivity contribution in [2.75, 3.05) is 33.3 Å². The molecule has 0 unspecified atom stereocenters. The van der Waals surface area contributed by atoms with Crippen molar-refractivity contribution in [1.82, 2.24) is 10.2 Å². The van der Waals surface area contributed by atoms with E-state index in [1.165, 1.54) is 0 Å². The van der Waals surface area contributed by atoms with Crippen LogP contribution in [-0.2, 0) is 0 Å². The van der Waals surface area contributed by atoms with Crippen LogP contribution in [0.3, 0.4) is 0 Å². The summed E-state index contributed by atoms with van der Waals surface area (Å²) in [4.78, 5) is 14.4. The number of carbonyl (C=O) groups is 1. The highest BCUT2D eigenvalue weighted by Crippen LogP contribution is 2.21. The Morgan fingerprint density at radius 2 is 2.17 bits per heavy atom. The van der Waals surface area contributed by atoms with E-state index in [9.17, 15) is 4.79 Å². The Morgan fingerprint density at radius 3 is 2.94 bits per heavy atom. The maximum absolute atomic E-state index is 12.5. The summed E-state index contributed by atoms with van der Waals surface area (Å²) in [6, 6.07) is 5.71. The van der Waals surface area contributed by atoms with Gasteiger partial charge in [-0.2, -0.15) is 0 Å². The van der Waals surface area contributed by atoms with Gasteiger partial charge in [-0.05, 0) is 37.6 Å². The first kappa shape index (κ1) is 12.9. The minimum absolute atomic E-state index is 0.0653. The van der Waals surface area contributed by atoms with E-state index >= 15 is 0 Å². The largest absolute Gasteiger partial charge is 0.496 e. The fourth-order valence-electron chi connectivity index (χ4n) is 2.19. The molecule has 0 aliphatic carbocycles.